The molecule has 8 heteroatoms. The number of nitro groups is 1. The van der Waals surface area contributed by atoms with Crippen LogP contribution in [0.25, 0.3) is 6.08 Å². The van der Waals surface area contributed by atoms with Crippen molar-refractivity contribution in [1.29, 1.82) is 0 Å². The molecular weight excluding hydrogens is 318 g/mol. The molecule has 3 rings (SSSR count). The third kappa shape index (κ3) is 3.61. The third-order valence-corrected chi connectivity index (χ3v) is 3.86. The zero-order valence-corrected chi connectivity index (χ0v) is 12.6. The molecule has 0 fully saturated rings. The summed E-state index contributed by atoms with van der Waals surface area (Å²) in [7, 11) is 0. The van der Waals surface area contributed by atoms with Gasteiger partial charge in [0.05, 0.1) is 22.2 Å². The Labute approximate surface area is 134 Å². The maximum atomic E-state index is 11.8. The van der Waals surface area contributed by atoms with Crippen LogP contribution in [0.1, 0.15) is 21.2 Å². The van der Waals surface area contributed by atoms with E-state index in [-0.39, 0.29) is 18.1 Å². The Morgan fingerprint density at radius 3 is 2.96 bits per heavy atom. The summed E-state index contributed by atoms with van der Waals surface area (Å²) < 4.78 is 6.98. The van der Waals surface area contributed by atoms with Crippen LogP contribution < -0.4 is 0 Å². The number of hydrogen-bond donors (Lipinski definition) is 0. The number of aromatic nitrogens is 2. The molecule has 7 nitrogen and oxygen atoms in total. The van der Waals surface area contributed by atoms with Crippen molar-refractivity contribution in [2.24, 2.45) is 0 Å². The molecule has 0 N–H and O–H groups in total. The van der Waals surface area contributed by atoms with Gasteiger partial charge in [0.2, 0.25) is 0 Å². The summed E-state index contributed by atoms with van der Waals surface area (Å²) in [5.74, 6) is 0.830. The lowest BCUT2D eigenvalue weighted by atomic mass is 10.3. The molecular formula is C15H11N3O4S. The average molecular weight is 329 g/mol. The van der Waals surface area contributed by atoms with Crippen molar-refractivity contribution in [3.63, 3.8) is 0 Å². The molecule has 0 radical (unpaired) electrons. The first-order chi connectivity index (χ1) is 11.1. The van der Waals surface area contributed by atoms with Crippen molar-refractivity contribution in [3.8, 4) is 0 Å². The summed E-state index contributed by atoms with van der Waals surface area (Å²) in [5, 5.41) is 16.2. The smallest absolute Gasteiger partial charge is 0.389 e. The van der Waals surface area contributed by atoms with Gasteiger partial charge in [-0.2, -0.15) is 4.68 Å². The van der Waals surface area contributed by atoms with E-state index >= 15 is 0 Å². The number of hydrogen-bond acceptors (Lipinski definition) is 6. The van der Waals surface area contributed by atoms with E-state index in [2.05, 4.69) is 5.10 Å². The van der Waals surface area contributed by atoms with Crippen LogP contribution in [0.2, 0.25) is 0 Å². The largest absolute Gasteiger partial charge is 0.460 e. The Bertz CT molecular complexity index is 861. The first kappa shape index (κ1) is 14.9. The maximum Gasteiger partial charge on any atom is 0.389 e. The minimum absolute atomic E-state index is 0.0827. The number of carbonyl (C=O) groups excluding carboxylic acids is 1. The van der Waals surface area contributed by atoms with Gasteiger partial charge in [-0.25, -0.2) is 0 Å². The fraction of sp³-hybridized carbons (Fsp3) is 0.0667. The van der Waals surface area contributed by atoms with Gasteiger partial charge in [-0.3, -0.25) is 4.79 Å². The highest BCUT2D eigenvalue weighted by molar-refractivity contribution is 7.12. The number of ketones is 1. The van der Waals surface area contributed by atoms with Gasteiger partial charge in [-0.1, -0.05) is 6.07 Å². The first-order valence-electron chi connectivity index (χ1n) is 6.64. The van der Waals surface area contributed by atoms with E-state index in [1.165, 1.54) is 34.4 Å². The van der Waals surface area contributed by atoms with E-state index in [1.807, 2.05) is 11.4 Å². The van der Waals surface area contributed by atoms with E-state index in [0.29, 0.717) is 16.4 Å². The van der Waals surface area contributed by atoms with Gasteiger partial charge in [0, 0.05) is 0 Å². The summed E-state index contributed by atoms with van der Waals surface area (Å²) in [6, 6.07) is 8.37. The Balaban J connectivity index is 1.65. The van der Waals surface area contributed by atoms with E-state index in [1.54, 1.807) is 24.3 Å². The standard InChI is InChI=1S/C15H11N3O4S/c19-13(14-2-1-9-23-14)6-5-11-3-4-12(22-11)10-17-8-7-15(16-17)18(20)21/h1-9H,10H2/b6-5+. The highest BCUT2D eigenvalue weighted by Gasteiger charge is 2.12. The monoisotopic (exact) mass is 329 g/mol. The van der Waals surface area contributed by atoms with E-state index < -0.39 is 4.92 Å². The van der Waals surface area contributed by atoms with E-state index in [9.17, 15) is 14.9 Å². The first-order valence-corrected chi connectivity index (χ1v) is 7.52. The summed E-state index contributed by atoms with van der Waals surface area (Å²) >= 11 is 1.38. The minimum Gasteiger partial charge on any atom is -0.460 e. The Hall–Kier alpha value is -3.00. The highest BCUT2D eigenvalue weighted by Crippen LogP contribution is 2.14. The van der Waals surface area contributed by atoms with Crippen LogP contribution in [-0.2, 0) is 6.54 Å². The zero-order chi connectivity index (χ0) is 16.2. The van der Waals surface area contributed by atoms with Crippen LogP contribution in [0.3, 0.4) is 0 Å². The third-order valence-electron chi connectivity index (χ3n) is 2.98. The van der Waals surface area contributed by atoms with Crippen LogP contribution in [0, 0.1) is 10.1 Å². The van der Waals surface area contributed by atoms with Crippen LogP contribution >= 0.6 is 11.3 Å². The minimum atomic E-state index is -0.553. The molecule has 0 saturated carbocycles. The molecule has 23 heavy (non-hydrogen) atoms. The molecule has 3 aromatic heterocycles. The van der Waals surface area contributed by atoms with Gasteiger partial charge in [-0.05, 0) is 40.7 Å². The summed E-state index contributed by atoms with van der Waals surface area (Å²) in [6.07, 6.45) is 4.56. The molecule has 0 aliphatic carbocycles. The molecule has 0 aliphatic heterocycles. The highest BCUT2D eigenvalue weighted by atomic mass is 32.1. The lowest BCUT2D eigenvalue weighted by Crippen LogP contribution is -2.00. The Kier molecular flexibility index (Phi) is 4.15. The second-order valence-corrected chi connectivity index (χ2v) is 5.56. The SMILES string of the molecule is O=C(/C=C/c1ccc(Cn2ccc([N+](=O)[O-])n2)o1)c1cccs1. The van der Waals surface area contributed by atoms with Crippen molar-refractivity contribution < 1.29 is 14.1 Å². The van der Waals surface area contributed by atoms with Gasteiger partial charge in [0.1, 0.15) is 18.1 Å². The number of carbonyl (C=O) groups is 1. The molecule has 0 spiro atoms. The maximum absolute atomic E-state index is 11.8. The van der Waals surface area contributed by atoms with E-state index in [4.69, 9.17) is 4.42 Å². The summed E-state index contributed by atoms with van der Waals surface area (Å²) in [4.78, 5) is 22.5. The van der Waals surface area contributed by atoms with Crippen LogP contribution in [0.15, 0.2) is 52.4 Å². The van der Waals surface area contributed by atoms with Crippen LogP contribution in [-0.4, -0.2) is 20.5 Å². The van der Waals surface area contributed by atoms with Crippen molar-refractivity contribution in [2.45, 2.75) is 6.54 Å². The summed E-state index contributed by atoms with van der Waals surface area (Å²) in [5.41, 5.74) is 0. The normalized spacial score (nSPS) is 11.1. The predicted octanol–water partition coefficient (Wildman–Crippen LogP) is 3.39. The molecule has 0 aliphatic rings. The molecule has 0 aromatic carbocycles. The lowest BCUT2D eigenvalue weighted by molar-refractivity contribution is -0.389. The molecule has 116 valence electrons. The van der Waals surface area contributed by atoms with Crippen molar-refractivity contribution >= 4 is 29.0 Å². The Morgan fingerprint density at radius 1 is 1.39 bits per heavy atom. The molecule has 3 aromatic rings. The number of allylic oxidation sites excluding steroid dienone is 1. The fourth-order valence-electron chi connectivity index (χ4n) is 1.92. The van der Waals surface area contributed by atoms with Crippen molar-refractivity contribution in [3.05, 3.63) is 74.5 Å². The molecule has 0 atom stereocenters. The number of nitrogens with zero attached hydrogens (tertiary/aromatic N) is 3. The Morgan fingerprint density at radius 2 is 2.26 bits per heavy atom. The van der Waals surface area contributed by atoms with Gasteiger partial charge in [0.15, 0.2) is 5.78 Å². The molecule has 0 bridgehead atoms. The van der Waals surface area contributed by atoms with Gasteiger partial charge >= 0.3 is 5.82 Å². The number of rotatable bonds is 6. The van der Waals surface area contributed by atoms with Gasteiger partial charge < -0.3 is 14.5 Å². The topological polar surface area (TPSA) is 91.2 Å². The predicted molar refractivity (Wildman–Crippen MR) is 84.4 cm³/mol. The lowest BCUT2D eigenvalue weighted by Gasteiger charge is -1.93. The molecule has 0 unspecified atom stereocenters. The van der Waals surface area contributed by atoms with E-state index in [0.717, 1.165) is 0 Å². The van der Waals surface area contributed by atoms with Gasteiger partial charge in [0.25, 0.3) is 0 Å². The second kappa shape index (κ2) is 6.41. The quantitative estimate of drug-likeness (QED) is 0.299. The second-order valence-electron chi connectivity index (χ2n) is 4.61. The molecule has 0 amide bonds. The zero-order valence-electron chi connectivity index (χ0n) is 11.8. The average Bonchev–Trinajstić information content (AvgIpc) is 3.27. The molecule has 0 saturated heterocycles. The molecule has 3 heterocycles. The van der Waals surface area contributed by atoms with Crippen LogP contribution in [0.5, 0.6) is 0 Å². The van der Waals surface area contributed by atoms with Crippen LogP contribution in [0.4, 0.5) is 5.82 Å². The number of furan rings is 1. The van der Waals surface area contributed by atoms with Gasteiger partial charge in [-0.15, -0.1) is 11.3 Å². The van der Waals surface area contributed by atoms with Crippen molar-refractivity contribution in [1.82, 2.24) is 9.78 Å². The number of thiophene rings is 1. The fourth-order valence-corrected chi connectivity index (χ4v) is 2.57. The summed E-state index contributed by atoms with van der Waals surface area (Å²) in [6.45, 7) is 0.278. The van der Waals surface area contributed by atoms with Crippen molar-refractivity contribution in [2.75, 3.05) is 0 Å².